The van der Waals surface area contributed by atoms with Crippen molar-refractivity contribution >= 4 is 0 Å². The molecule has 0 fully saturated rings. The Hall–Kier alpha value is -0.980. The highest BCUT2D eigenvalue weighted by molar-refractivity contribution is 5.36. The van der Waals surface area contributed by atoms with Gasteiger partial charge in [0.2, 0.25) is 0 Å². The molecule has 0 unspecified atom stereocenters. The first-order chi connectivity index (χ1) is 7.77. The zero-order chi connectivity index (χ0) is 11.8. The minimum Gasteiger partial charge on any atom is -0.508 e. The maximum absolute atomic E-state index is 9.58. The van der Waals surface area contributed by atoms with Crippen LogP contribution in [-0.4, -0.2) is 5.11 Å². The van der Waals surface area contributed by atoms with Crippen molar-refractivity contribution in [2.75, 3.05) is 0 Å². The minimum atomic E-state index is 0.442. The average molecular weight is 220 g/mol. The van der Waals surface area contributed by atoms with E-state index < -0.39 is 0 Å². The minimum absolute atomic E-state index is 0.442. The van der Waals surface area contributed by atoms with Crippen LogP contribution >= 0.6 is 0 Å². The Labute approximate surface area is 99.5 Å². The lowest BCUT2D eigenvalue weighted by Crippen LogP contribution is -1.89. The molecule has 0 radical (unpaired) electrons. The van der Waals surface area contributed by atoms with Gasteiger partial charge in [0.15, 0.2) is 0 Å². The van der Waals surface area contributed by atoms with Gasteiger partial charge in [0.05, 0.1) is 0 Å². The summed E-state index contributed by atoms with van der Waals surface area (Å²) in [6.45, 7) is 4.33. The lowest BCUT2D eigenvalue weighted by atomic mass is 10.0. The van der Waals surface area contributed by atoms with Gasteiger partial charge in [0.1, 0.15) is 5.75 Å². The summed E-state index contributed by atoms with van der Waals surface area (Å²) in [6, 6.07) is 6.03. The van der Waals surface area contributed by atoms with Gasteiger partial charge in [-0.2, -0.15) is 0 Å². The number of aryl methyl sites for hydroxylation is 2. The molecule has 0 spiro atoms. The number of hydrogen-bond donors (Lipinski definition) is 1. The summed E-state index contributed by atoms with van der Waals surface area (Å²) in [5.74, 6) is 0.442. The van der Waals surface area contributed by atoms with E-state index in [0.29, 0.717) is 5.75 Å². The van der Waals surface area contributed by atoms with E-state index in [0.717, 1.165) is 18.4 Å². The molecule has 1 aromatic rings. The fraction of sp³-hybridized carbons (Fsp3) is 0.600. The molecular weight excluding hydrogens is 196 g/mol. The second-order valence-electron chi connectivity index (χ2n) is 4.48. The monoisotopic (exact) mass is 220 g/mol. The summed E-state index contributed by atoms with van der Waals surface area (Å²) in [5.41, 5.74) is 2.44. The number of rotatable bonds is 7. The van der Waals surface area contributed by atoms with Gasteiger partial charge in [0.25, 0.3) is 0 Å². The molecule has 0 aliphatic carbocycles. The van der Waals surface area contributed by atoms with Crippen LogP contribution in [0, 0.1) is 0 Å². The Bertz CT molecular complexity index is 304. The first-order valence-electron chi connectivity index (χ1n) is 6.58. The zero-order valence-electron chi connectivity index (χ0n) is 10.6. The molecule has 1 aromatic carbocycles. The summed E-state index contributed by atoms with van der Waals surface area (Å²) >= 11 is 0. The van der Waals surface area contributed by atoms with E-state index in [1.165, 1.54) is 37.7 Å². The van der Waals surface area contributed by atoms with E-state index >= 15 is 0 Å². The fourth-order valence-corrected chi connectivity index (χ4v) is 2.01. The summed E-state index contributed by atoms with van der Waals surface area (Å²) in [4.78, 5) is 0. The highest BCUT2D eigenvalue weighted by atomic mass is 16.3. The highest BCUT2D eigenvalue weighted by Gasteiger charge is 2.00. The Morgan fingerprint density at radius 3 is 2.44 bits per heavy atom. The van der Waals surface area contributed by atoms with E-state index in [9.17, 15) is 5.11 Å². The van der Waals surface area contributed by atoms with Crippen molar-refractivity contribution in [1.29, 1.82) is 0 Å². The number of hydrogen-bond acceptors (Lipinski definition) is 1. The Balaban J connectivity index is 2.36. The van der Waals surface area contributed by atoms with Gasteiger partial charge >= 0.3 is 0 Å². The van der Waals surface area contributed by atoms with Gasteiger partial charge < -0.3 is 5.11 Å². The quantitative estimate of drug-likeness (QED) is 0.672. The molecule has 0 aliphatic rings. The van der Waals surface area contributed by atoms with Crippen molar-refractivity contribution in [2.45, 2.75) is 58.8 Å². The largest absolute Gasteiger partial charge is 0.508 e. The van der Waals surface area contributed by atoms with Crippen molar-refractivity contribution in [3.05, 3.63) is 29.3 Å². The van der Waals surface area contributed by atoms with E-state index in [1.54, 1.807) is 0 Å². The second-order valence-corrected chi connectivity index (χ2v) is 4.48. The van der Waals surface area contributed by atoms with Crippen molar-refractivity contribution < 1.29 is 5.11 Å². The van der Waals surface area contributed by atoms with E-state index in [4.69, 9.17) is 0 Å². The predicted octanol–water partition coefficient (Wildman–Crippen LogP) is 4.47. The normalized spacial score (nSPS) is 10.6. The zero-order valence-corrected chi connectivity index (χ0v) is 10.6. The van der Waals surface area contributed by atoms with Crippen LogP contribution in [-0.2, 0) is 12.8 Å². The Morgan fingerprint density at radius 1 is 1.00 bits per heavy atom. The summed E-state index contributed by atoms with van der Waals surface area (Å²) < 4.78 is 0. The van der Waals surface area contributed by atoms with E-state index in [-0.39, 0.29) is 0 Å². The van der Waals surface area contributed by atoms with Crippen LogP contribution in [0.15, 0.2) is 18.2 Å². The van der Waals surface area contributed by atoms with Gasteiger partial charge in [-0.05, 0) is 36.5 Å². The fourth-order valence-electron chi connectivity index (χ4n) is 2.01. The van der Waals surface area contributed by atoms with Crippen LogP contribution in [0.4, 0.5) is 0 Å². The standard InChI is InChI=1S/C15H24O/c1-3-5-6-7-8-9-13-10-11-15(16)14(4-2)12-13/h10-12,16H,3-9H2,1-2H3. The molecule has 0 saturated heterocycles. The summed E-state index contributed by atoms with van der Waals surface area (Å²) in [7, 11) is 0. The third-order valence-electron chi connectivity index (χ3n) is 3.09. The maximum atomic E-state index is 9.58. The number of benzene rings is 1. The van der Waals surface area contributed by atoms with E-state index in [2.05, 4.69) is 19.9 Å². The van der Waals surface area contributed by atoms with Gasteiger partial charge in [0, 0.05) is 0 Å². The lowest BCUT2D eigenvalue weighted by molar-refractivity contribution is 0.468. The van der Waals surface area contributed by atoms with Crippen molar-refractivity contribution in [2.24, 2.45) is 0 Å². The van der Waals surface area contributed by atoms with Gasteiger partial charge in [-0.15, -0.1) is 0 Å². The molecule has 1 N–H and O–H groups in total. The Morgan fingerprint density at radius 2 is 1.75 bits per heavy atom. The topological polar surface area (TPSA) is 20.2 Å². The number of phenols is 1. The molecule has 1 nitrogen and oxygen atoms in total. The molecule has 0 bridgehead atoms. The number of unbranched alkanes of at least 4 members (excludes halogenated alkanes) is 4. The molecule has 90 valence electrons. The molecule has 0 atom stereocenters. The molecule has 0 aromatic heterocycles. The van der Waals surface area contributed by atoms with Crippen LogP contribution in [0.25, 0.3) is 0 Å². The summed E-state index contributed by atoms with van der Waals surface area (Å²) in [5, 5.41) is 9.58. The maximum Gasteiger partial charge on any atom is 0.118 e. The van der Waals surface area contributed by atoms with Crippen LogP contribution < -0.4 is 0 Å². The first kappa shape index (κ1) is 13.1. The third kappa shape index (κ3) is 4.26. The second kappa shape index (κ2) is 7.32. The molecular formula is C15H24O. The van der Waals surface area contributed by atoms with Crippen LogP contribution in [0.3, 0.4) is 0 Å². The van der Waals surface area contributed by atoms with Crippen LogP contribution in [0.1, 0.15) is 57.1 Å². The Kier molecular flexibility index (Phi) is 5.99. The van der Waals surface area contributed by atoms with Gasteiger partial charge in [-0.3, -0.25) is 0 Å². The molecule has 0 saturated carbocycles. The van der Waals surface area contributed by atoms with E-state index in [1.807, 2.05) is 12.1 Å². The van der Waals surface area contributed by atoms with Crippen LogP contribution in [0.2, 0.25) is 0 Å². The SMILES string of the molecule is CCCCCCCc1ccc(O)c(CC)c1. The number of phenolic OH excluding ortho intramolecular Hbond substituents is 1. The molecule has 1 heteroatoms. The first-order valence-corrected chi connectivity index (χ1v) is 6.58. The summed E-state index contributed by atoms with van der Waals surface area (Å²) in [6.07, 6.45) is 8.68. The third-order valence-corrected chi connectivity index (χ3v) is 3.09. The van der Waals surface area contributed by atoms with Crippen LogP contribution in [0.5, 0.6) is 5.75 Å². The highest BCUT2D eigenvalue weighted by Crippen LogP contribution is 2.20. The van der Waals surface area contributed by atoms with Gasteiger partial charge in [-0.1, -0.05) is 51.7 Å². The molecule has 16 heavy (non-hydrogen) atoms. The van der Waals surface area contributed by atoms with Crippen molar-refractivity contribution in [1.82, 2.24) is 0 Å². The smallest absolute Gasteiger partial charge is 0.118 e. The molecule has 0 heterocycles. The predicted molar refractivity (Wildman–Crippen MR) is 69.9 cm³/mol. The molecule has 1 rings (SSSR count). The number of aromatic hydroxyl groups is 1. The molecule has 0 amide bonds. The lowest BCUT2D eigenvalue weighted by Gasteiger charge is -2.06. The van der Waals surface area contributed by atoms with Crippen molar-refractivity contribution in [3.8, 4) is 5.75 Å². The molecule has 0 aliphatic heterocycles. The van der Waals surface area contributed by atoms with Crippen molar-refractivity contribution in [3.63, 3.8) is 0 Å². The average Bonchev–Trinajstić information content (AvgIpc) is 2.31. The van der Waals surface area contributed by atoms with Gasteiger partial charge in [-0.25, -0.2) is 0 Å².